The quantitative estimate of drug-likeness (QED) is 0.593. The highest BCUT2D eigenvalue weighted by Gasteiger charge is 2.13. The number of hydrogen-bond acceptors (Lipinski definition) is 3. The van der Waals surface area contributed by atoms with Gasteiger partial charge in [0.05, 0.1) is 0 Å². The van der Waals surface area contributed by atoms with Crippen molar-refractivity contribution in [3.8, 4) is 0 Å². The third-order valence-electron chi connectivity index (χ3n) is 1.81. The van der Waals surface area contributed by atoms with E-state index in [0.717, 1.165) is 6.07 Å². The van der Waals surface area contributed by atoms with E-state index in [0.29, 0.717) is 0 Å². The first-order valence-corrected chi connectivity index (χ1v) is 4.29. The first-order chi connectivity index (χ1) is 7.00. The maximum Gasteiger partial charge on any atom is 0.252 e. The molecule has 6 heteroatoms. The largest absolute Gasteiger partial charge is 0.368 e. The second-order valence-electron chi connectivity index (χ2n) is 3.04. The van der Waals surface area contributed by atoms with Crippen molar-refractivity contribution in [2.24, 2.45) is 5.73 Å². The van der Waals surface area contributed by atoms with Gasteiger partial charge in [-0.15, -0.1) is 0 Å². The average molecular weight is 209 g/mol. The molecular weight excluding hydrogens is 198 g/mol. The van der Waals surface area contributed by atoms with Crippen LogP contribution in [0.2, 0.25) is 0 Å². The zero-order valence-corrected chi connectivity index (χ0v) is 8.11. The van der Waals surface area contributed by atoms with Gasteiger partial charge in [0.1, 0.15) is 6.04 Å². The van der Waals surface area contributed by atoms with E-state index >= 15 is 0 Å². The van der Waals surface area contributed by atoms with Crippen LogP contribution in [0.4, 0.5) is 0 Å². The summed E-state index contributed by atoms with van der Waals surface area (Å²) < 4.78 is 0. The zero-order valence-electron chi connectivity index (χ0n) is 8.11. The van der Waals surface area contributed by atoms with Crippen LogP contribution in [0.15, 0.2) is 23.1 Å². The molecular formula is C9H11N3O3. The van der Waals surface area contributed by atoms with E-state index < -0.39 is 17.9 Å². The number of aromatic amines is 1. The number of carbonyl (C=O) groups is 2. The fraction of sp³-hybridized carbons (Fsp3) is 0.222. The van der Waals surface area contributed by atoms with Crippen molar-refractivity contribution >= 4 is 11.8 Å². The van der Waals surface area contributed by atoms with E-state index in [4.69, 9.17) is 5.73 Å². The van der Waals surface area contributed by atoms with Gasteiger partial charge in [0.15, 0.2) is 0 Å². The van der Waals surface area contributed by atoms with Gasteiger partial charge in [0.2, 0.25) is 11.5 Å². The molecule has 0 aliphatic carbocycles. The van der Waals surface area contributed by atoms with E-state index in [-0.39, 0.29) is 11.1 Å². The summed E-state index contributed by atoms with van der Waals surface area (Å²) in [5.74, 6) is -1.14. The van der Waals surface area contributed by atoms with Gasteiger partial charge >= 0.3 is 0 Å². The fourth-order valence-corrected chi connectivity index (χ4v) is 0.937. The molecule has 1 aromatic rings. The molecule has 1 heterocycles. The topological polar surface area (TPSA) is 105 Å². The number of nitrogens with two attached hydrogens (primary N) is 1. The number of aromatic nitrogens is 1. The van der Waals surface area contributed by atoms with E-state index in [2.05, 4.69) is 10.3 Å². The number of hydrogen-bond donors (Lipinski definition) is 3. The molecule has 0 saturated heterocycles. The number of primary amides is 1. The predicted octanol–water partition coefficient (Wildman–Crippen LogP) is -1.02. The smallest absolute Gasteiger partial charge is 0.252 e. The van der Waals surface area contributed by atoms with Gasteiger partial charge < -0.3 is 16.0 Å². The van der Waals surface area contributed by atoms with Crippen LogP contribution in [-0.4, -0.2) is 22.8 Å². The highest BCUT2D eigenvalue weighted by atomic mass is 16.2. The van der Waals surface area contributed by atoms with Crippen molar-refractivity contribution in [3.63, 3.8) is 0 Å². The first kappa shape index (κ1) is 11.0. The minimum atomic E-state index is -0.767. The lowest BCUT2D eigenvalue weighted by atomic mass is 10.2. The van der Waals surface area contributed by atoms with Crippen LogP contribution in [0, 0.1) is 0 Å². The van der Waals surface area contributed by atoms with Crippen LogP contribution in [0.5, 0.6) is 0 Å². The standard InChI is InChI=1S/C9H11N3O3/c1-5(8(10)14)12-9(15)6-2-3-11-7(13)4-6/h2-5H,1H3,(H2,10,14)(H,11,13)(H,12,15). The van der Waals surface area contributed by atoms with Gasteiger partial charge in [-0.1, -0.05) is 0 Å². The number of carbonyl (C=O) groups excluding carboxylic acids is 2. The third-order valence-corrected chi connectivity index (χ3v) is 1.81. The normalized spacial score (nSPS) is 11.8. The number of nitrogens with one attached hydrogen (secondary N) is 2. The van der Waals surface area contributed by atoms with E-state index in [1.165, 1.54) is 19.2 Å². The fourth-order valence-electron chi connectivity index (χ4n) is 0.937. The van der Waals surface area contributed by atoms with Crippen molar-refractivity contribution in [1.29, 1.82) is 0 Å². The van der Waals surface area contributed by atoms with Gasteiger partial charge in [-0.05, 0) is 13.0 Å². The van der Waals surface area contributed by atoms with Crippen LogP contribution >= 0.6 is 0 Å². The van der Waals surface area contributed by atoms with Crippen LogP contribution < -0.4 is 16.6 Å². The second kappa shape index (κ2) is 4.41. The molecule has 1 rings (SSSR count). The highest BCUT2D eigenvalue weighted by Crippen LogP contribution is 1.93. The summed E-state index contributed by atoms with van der Waals surface area (Å²) in [5.41, 5.74) is 4.78. The molecule has 0 fully saturated rings. The molecule has 1 atom stereocenters. The monoisotopic (exact) mass is 209 g/mol. The first-order valence-electron chi connectivity index (χ1n) is 4.29. The summed E-state index contributed by atoms with van der Waals surface area (Å²) in [6.45, 7) is 1.47. The Kier molecular flexibility index (Phi) is 3.22. The highest BCUT2D eigenvalue weighted by molar-refractivity contribution is 5.96. The van der Waals surface area contributed by atoms with Gasteiger partial charge in [0, 0.05) is 17.8 Å². The minimum Gasteiger partial charge on any atom is -0.368 e. The number of pyridine rings is 1. The molecule has 0 aliphatic rings. The second-order valence-corrected chi connectivity index (χ2v) is 3.04. The van der Waals surface area contributed by atoms with Gasteiger partial charge in [-0.3, -0.25) is 14.4 Å². The lowest BCUT2D eigenvalue weighted by Crippen LogP contribution is -2.42. The molecule has 0 bridgehead atoms. The molecule has 1 aromatic heterocycles. The zero-order chi connectivity index (χ0) is 11.4. The van der Waals surface area contributed by atoms with Gasteiger partial charge in [-0.2, -0.15) is 0 Å². The molecule has 80 valence electrons. The third kappa shape index (κ3) is 2.94. The van der Waals surface area contributed by atoms with E-state index in [1.54, 1.807) is 0 Å². The summed E-state index contributed by atoms with van der Waals surface area (Å²) in [6.07, 6.45) is 1.35. The number of rotatable bonds is 3. The molecule has 4 N–H and O–H groups in total. The molecule has 15 heavy (non-hydrogen) atoms. The van der Waals surface area contributed by atoms with Crippen molar-refractivity contribution in [3.05, 3.63) is 34.2 Å². The van der Waals surface area contributed by atoms with E-state index in [9.17, 15) is 14.4 Å². The van der Waals surface area contributed by atoms with Gasteiger partial charge in [0.25, 0.3) is 5.91 Å². The maximum atomic E-state index is 11.4. The lowest BCUT2D eigenvalue weighted by molar-refractivity contribution is -0.119. The Morgan fingerprint density at radius 2 is 2.20 bits per heavy atom. The predicted molar refractivity (Wildman–Crippen MR) is 53.2 cm³/mol. The summed E-state index contributed by atoms with van der Waals surface area (Å²) >= 11 is 0. The van der Waals surface area contributed by atoms with E-state index in [1.807, 2.05) is 0 Å². The lowest BCUT2D eigenvalue weighted by Gasteiger charge is -2.09. The summed E-state index contributed by atoms with van der Waals surface area (Å²) in [6, 6.07) is 1.81. The molecule has 0 saturated carbocycles. The molecule has 0 radical (unpaired) electrons. The van der Waals surface area contributed by atoms with Crippen molar-refractivity contribution in [2.45, 2.75) is 13.0 Å². The van der Waals surface area contributed by atoms with Crippen molar-refractivity contribution < 1.29 is 9.59 Å². The Balaban J connectivity index is 2.78. The molecule has 0 aromatic carbocycles. The molecule has 2 amide bonds. The number of H-pyrrole nitrogens is 1. The average Bonchev–Trinajstić information content (AvgIpc) is 2.17. The SMILES string of the molecule is CC(NC(=O)c1cc[nH]c(=O)c1)C(N)=O. The Hall–Kier alpha value is -2.11. The molecule has 1 unspecified atom stereocenters. The summed E-state index contributed by atoms with van der Waals surface area (Å²) in [4.78, 5) is 35.4. The summed E-state index contributed by atoms with van der Waals surface area (Å²) in [7, 11) is 0. The number of amides is 2. The minimum absolute atomic E-state index is 0.187. The van der Waals surface area contributed by atoms with Crippen molar-refractivity contribution in [2.75, 3.05) is 0 Å². The Morgan fingerprint density at radius 3 is 2.73 bits per heavy atom. The Labute approximate surface area is 85.5 Å². The van der Waals surface area contributed by atoms with Crippen molar-refractivity contribution in [1.82, 2.24) is 10.3 Å². The van der Waals surface area contributed by atoms with Gasteiger partial charge in [-0.25, -0.2) is 0 Å². The Bertz CT molecular complexity index is 438. The summed E-state index contributed by atoms with van der Waals surface area (Å²) in [5, 5.41) is 2.36. The maximum absolute atomic E-state index is 11.4. The molecule has 6 nitrogen and oxygen atoms in total. The van der Waals surface area contributed by atoms with Crippen LogP contribution in [-0.2, 0) is 4.79 Å². The van der Waals surface area contributed by atoms with Crippen LogP contribution in [0.1, 0.15) is 17.3 Å². The van der Waals surface area contributed by atoms with Crippen LogP contribution in [0.25, 0.3) is 0 Å². The molecule has 0 spiro atoms. The Morgan fingerprint density at radius 1 is 1.53 bits per heavy atom. The van der Waals surface area contributed by atoms with Crippen LogP contribution in [0.3, 0.4) is 0 Å². The molecule has 0 aliphatic heterocycles.